The molecule has 7 heteroatoms. The molecule has 0 spiro atoms. The van der Waals surface area contributed by atoms with Crippen LogP contribution in [-0.4, -0.2) is 44.7 Å². The lowest BCUT2D eigenvalue weighted by Gasteiger charge is -2.29. The molecule has 0 heterocycles. The van der Waals surface area contributed by atoms with E-state index in [1.165, 1.54) is 11.1 Å². The van der Waals surface area contributed by atoms with Gasteiger partial charge < -0.3 is 19.9 Å². The molecular formula is C34H37ClN2O4. The molecule has 4 aromatic rings. The molecule has 0 saturated carbocycles. The number of amides is 1. The second kappa shape index (κ2) is 15.1. The number of halogens is 1. The van der Waals surface area contributed by atoms with Gasteiger partial charge in [-0.05, 0) is 52.9 Å². The minimum absolute atomic E-state index is 0.148. The van der Waals surface area contributed by atoms with Crippen LogP contribution in [0, 0.1) is 0 Å². The fourth-order valence-electron chi connectivity index (χ4n) is 4.95. The number of hydrogen-bond donors (Lipinski definition) is 1. The minimum Gasteiger partial charge on any atom is -0.493 e. The van der Waals surface area contributed by atoms with Crippen molar-refractivity contribution in [1.82, 2.24) is 4.90 Å². The zero-order valence-electron chi connectivity index (χ0n) is 23.6. The lowest BCUT2D eigenvalue weighted by molar-refractivity contribution is -0.117. The van der Waals surface area contributed by atoms with Crippen LogP contribution in [0.1, 0.15) is 34.6 Å². The monoisotopic (exact) mass is 572 g/mol. The van der Waals surface area contributed by atoms with Gasteiger partial charge in [-0.25, -0.2) is 0 Å². The molecule has 6 nitrogen and oxygen atoms in total. The lowest BCUT2D eigenvalue weighted by atomic mass is 9.90. The third kappa shape index (κ3) is 8.74. The Bertz CT molecular complexity index is 1360. The van der Waals surface area contributed by atoms with E-state index in [2.05, 4.69) is 71.6 Å². The number of nitrogens with zero attached hydrogens (tertiary/aromatic N) is 1. The first-order valence-electron chi connectivity index (χ1n) is 13.7. The van der Waals surface area contributed by atoms with Gasteiger partial charge in [-0.15, -0.1) is 0 Å². The van der Waals surface area contributed by atoms with Gasteiger partial charge in [0.05, 0.1) is 32.3 Å². The molecule has 0 aliphatic carbocycles. The number of nitrogens with two attached hydrogens (primary N) is 1. The fourth-order valence-corrected chi connectivity index (χ4v) is 5.20. The number of carbonyl (C=O) groups excluding carboxylic acids is 1. The van der Waals surface area contributed by atoms with Crippen LogP contribution in [0.4, 0.5) is 0 Å². The maximum absolute atomic E-state index is 11.2. The summed E-state index contributed by atoms with van der Waals surface area (Å²) in [5.41, 5.74) is 9.75. The van der Waals surface area contributed by atoms with E-state index in [1.54, 1.807) is 26.4 Å². The zero-order chi connectivity index (χ0) is 29.0. The first-order valence-corrected chi connectivity index (χ1v) is 14.1. The van der Waals surface area contributed by atoms with Crippen molar-refractivity contribution in [2.45, 2.75) is 25.3 Å². The highest BCUT2D eigenvalue weighted by Crippen LogP contribution is 2.30. The number of hydrogen-bond acceptors (Lipinski definition) is 5. The van der Waals surface area contributed by atoms with Crippen LogP contribution in [0.3, 0.4) is 0 Å². The van der Waals surface area contributed by atoms with Gasteiger partial charge in [-0.2, -0.15) is 0 Å². The second-order valence-electron chi connectivity index (χ2n) is 9.91. The maximum Gasteiger partial charge on any atom is 0.221 e. The highest BCUT2D eigenvalue weighted by atomic mass is 35.5. The first kappa shape index (κ1) is 30.0. The minimum atomic E-state index is -0.395. The predicted octanol–water partition coefficient (Wildman–Crippen LogP) is 6.49. The van der Waals surface area contributed by atoms with E-state index in [0.717, 1.165) is 37.2 Å². The standard InChI is InChI=1S/C34H37ClN2O4/c1-39-32-17-15-26(21-33(32)40-2)23-37(18-9-19-41-31-16-14-25(20-30(31)35)22-34(36)38)24-29(27-10-5-3-6-11-27)28-12-7-4-8-13-28/h3-8,10-17,20-21,29H,9,18-19,22-24H2,1-2H3,(H2,36,38). The Kier molecular flexibility index (Phi) is 11.1. The predicted molar refractivity (Wildman–Crippen MR) is 164 cm³/mol. The van der Waals surface area contributed by atoms with E-state index in [0.29, 0.717) is 28.9 Å². The van der Waals surface area contributed by atoms with E-state index in [-0.39, 0.29) is 12.3 Å². The average Bonchev–Trinajstić information content (AvgIpc) is 2.99. The van der Waals surface area contributed by atoms with E-state index >= 15 is 0 Å². The molecule has 4 aromatic carbocycles. The quantitative estimate of drug-likeness (QED) is 0.165. The van der Waals surface area contributed by atoms with Gasteiger partial charge in [0, 0.05) is 25.6 Å². The topological polar surface area (TPSA) is 74.0 Å². The van der Waals surface area contributed by atoms with Gasteiger partial charge >= 0.3 is 0 Å². The van der Waals surface area contributed by atoms with E-state index in [1.807, 2.05) is 18.2 Å². The summed E-state index contributed by atoms with van der Waals surface area (Å²) in [6.07, 6.45) is 0.943. The molecule has 41 heavy (non-hydrogen) atoms. The van der Waals surface area contributed by atoms with E-state index in [4.69, 9.17) is 31.5 Å². The molecule has 0 radical (unpaired) electrons. The summed E-state index contributed by atoms with van der Waals surface area (Å²) in [4.78, 5) is 13.7. The number of methoxy groups -OCH3 is 2. The Morgan fingerprint density at radius 1 is 0.805 bits per heavy atom. The number of rotatable bonds is 15. The van der Waals surface area contributed by atoms with Crippen molar-refractivity contribution in [2.24, 2.45) is 5.73 Å². The van der Waals surface area contributed by atoms with Crippen LogP contribution < -0.4 is 19.9 Å². The van der Waals surface area contributed by atoms with Crippen molar-refractivity contribution >= 4 is 17.5 Å². The molecule has 0 aromatic heterocycles. The van der Waals surface area contributed by atoms with Crippen LogP contribution in [0.2, 0.25) is 5.02 Å². The van der Waals surface area contributed by atoms with E-state index in [9.17, 15) is 4.79 Å². The Labute approximate surface area is 247 Å². The van der Waals surface area contributed by atoms with Crippen molar-refractivity contribution in [3.05, 3.63) is 124 Å². The Morgan fingerprint density at radius 3 is 2.00 bits per heavy atom. The first-order chi connectivity index (χ1) is 20.0. The van der Waals surface area contributed by atoms with E-state index < -0.39 is 5.91 Å². The Hall–Kier alpha value is -4.00. The third-order valence-corrected chi connectivity index (χ3v) is 7.25. The van der Waals surface area contributed by atoms with Gasteiger partial charge in [0.25, 0.3) is 0 Å². The lowest BCUT2D eigenvalue weighted by Crippen LogP contribution is -2.30. The molecule has 0 aliphatic heterocycles. The van der Waals surface area contributed by atoms with Crippen LogP contribution >= 0.6 is 11.6 Å². The molecule has 1 amide bonds. The van der Waals surface area contributed by atoms with Crippen LogP contribution in [0.25, 0.3) is 0 Å². The smallest absolute Gasteiger partial charge is 0.221 e. The van der Waals surface area contributed by atoms with Crippen LogP contribution in [-0.2, 0) is 17.8 Å². The fraction of sp³-hybridized carbons (Fsp3) is 0.265. The molecule has 0 bridgehead atoms. The Balaban J connectivity index is 1.50. The molecule has 214 valence electrons. The number of ether oxygens (including phenoxy) is 3. The SMILES string of the molecule is COc1ccc(CN(CCCOc2ccc(CC(N)=O)cc2Cl)CC(c2ccccc2)c2ccccc2)cc1OC. The molecule has 0 unspecified atom stereocenters. The Morgan fingerprint density at radius 2 is 1.41 bits per heavy atom. The molecule has 0 fully saturated rings. The summed E-state index contributed by atoms with van der Waals surface area (Å²) >= 11 is 6.41. The molecular weight excluding hydrogens is 536 g/mol. The summed E-state index contributed by atoms with van der Waals surface area (Å²) in [7, 11) is 3.30. The van der Waals surface area contributed by atoms with Crippen molar-refractivity contribution in [1.29, 1.82) is 0 Å². The molecule has 0 aliphatic rings. The summed E-state index contributed by atoms with van der Waals surface area (Å²) < 4.78 is 17.0. The molecule has 0 atom stereocenters. The largest absolute Gasteiger partial charge is 0.493 e. The third-order valence-electron chi connectivity index (χ3n) is 6.95. The molecule has 2 N–H and O–H groups in total. The highest BCUT2D eigenvalue weighted by Gasteiger charge is 2.19. The van der Waals surface area contributed by atoms with Crippen molar-refractivity contribution < 1.29 is 19.0 Å². The average molecular weight is 573 g/mol. The maximum atomic E-state index is 11.2. The highest BCUT2D eigenvalue weighted by molar-refractivity contribution is 6.32. The van der Waals surface area contributed by atoms with Gasteiger partial charge in [-0.3, -0.25) is 9.69 Å². The number of primary amides is 1. The van der Waals surface area contributed by atoms with Crippen LogP contribution in [0.5, 0.6) is 17.2 Å². The summed E-state index contributed by atoms with van der Waals surface area (Å²) in [5.74, 6) is 1.82. The molecule has 4 rings (SSSR count). The van der Waals surface area contributed by atoms with Crippen LogP contribution in [0.15, 0.2) is 97.1 Å². The van der Waals surface area contributed by atoms with Gasteiger partial charge in [0.15, 0.2) is 11.5 Å². The second-order valence-corrected chi connectivity index (χ2v) is 10.3. The molecule has 0 saturated heterocycles. The zero-order valence-corrected chi connectivity index (χ0v) is 24.3. The van der Waals surface area contributed by atoms with Gasteiger partial charge in [-0.1, -0.05) is 84.4 Å². The van der Waals surface area contributed by atoms with Crippen molar-refractivity contribution in [2.75, 3.05) is 33.9 Å². The van der Waals surface area contributed by atoms with Crippen molar-refractivity contribution in [3.63, 3.8) is 0 Å². The summed E-state index contributed by atoms with van der Waals surface area (Å²) in [6.45, 7) is 2.87. The normalized spacial score (nSPS) is 11.0. The number of carbonyl (C=O) groups is 1. The van der Waals surface area contributed by atoms with Gasteiger partial charge in [0.2, 0.25) is 5.91 Å². The van der Waals surface area contributed by atoms with Crippen molar-refractivity contribution in [3.8, 4) is 17.2 Å². The summed E-state index contributed by atoms with van der Waals surface area (Å²) in [5, 5.41) is 0.471. The number of benzene rings is 4. The summed E-state index contributed by atoms with van der Waals surface area (Å²) in [6, 6.07) is 32.7. The van der Waals surface area contributed by atoms with Gasteiger partial charge in [0.1, 0.15) is 5.75 Å².